The highest BCUT2D eigenvalue weighted by Crippen LogP contribution is 2.33. The summed E-state index contributed by atoms with van der Waals surface area (Å²) >= 11 is 7.66. The third-order valence-electron chi connectivity index (χ3n) is 4.05. The van der Waals surface area contributed by atoms with Gasteiger partial charge in [-0.25, -0.2) is 4.98 Å². The molecule has 0 aliphatic carbocycles. The summed E-state index contributed by atoms with van der Waals surface area (Å²) in [5, 5.41) is 3.11. The number of carbonyl (C=O) groups is 1. The topological polar surface area (TPSA) is 48.5 Å². The van der Waals surface area contributed by atoms with Gasteiger partial charge in [0, 0.05) is 44.0 Å². The molecule has 1 N–H and O–H groups in total. The first-order valence-corrected chi connectivity index (χ1v) is 8.97. The van der Waals surface area contributed by atoms with E-state index in [-0.39, 0.29) is 17.0 Å². The van der Waals surface area contributed by atoms with Gasteiger partial charge in [-0.15, -0.1) is 11.8 Å². The van der Waals surface area contributed by atoms with E-state index >= 15 is 0 Å². The zero-order valence-electron chi connectivity index (χ0n) is 12.6. The third kappa shape index (κ3) is 3.73. The summed E-state index contributed by atoms with van der Waals surface area (Å²) in [5.41, 5.74) is -0.866. The van der Waals surface area contributed by atoms with Gasteiger partial charge in [-0.3, -0.25) is 10.1 Å². The molecule has 1 unspecified atom stereocenters. The Morgan fingerprint density at radius 1 is 1.33 bits per heavy atom. The number of rotatable bonds is 2. The lowest BCUT2D eigenvalue weighted by molar-refractivity contribution is -0.138. The minimum Gasteiger partial charge on any atom is -0.352 e. The van der Waals surface area contributed by atoms with Crippen LogP contribution in [0.25, 0.3) is 0 Å². The predicted octanol–water partition coefficient (Wildman–Crippen LogP) is 2.06. The first-order chi connectivity index (χ1) is 11.4. The first kappa shape index (κ1) is 17.6. The first-order valence-electron chi connectivity index (χ1n) is 7.44. The predicted molar refractivity (Wildman–Crippen MR) is 87.3 cm³/mol. The molecule has 1 atom stereocenters. The highest BCUT2D eigenvalue weighted by atomic mass is 35.5. The summed E-state index contributed by atoms with van der Waals surface area (Å²) in [6.07, 6.45) is -3.68. The van der Waals surface area contributed by atoms with E-state index in [9.17, 15) is 18.0 Å². The van der Waals surface area contributed by atoms with Gasteiger partial charge in [0.25, 0.3) is 0 Å². The molecule has 0 spiro atoms. The summed E-state index contributed by atoms with van der Waals surface area (Å²) in [5.74, 6) is 1.95. The molecule has 1 amide bonds. The number of aromatic nitrogens is 1. The molecule has 5 nitrogen and oxygen atoms in total. The normalized spacial score (nSPS) is 22.1. The zero-order chi connectivity index (χ0) is 17.3. The molecule has 2 fully saturated rings. The number of alkyl halides is 3. The van der Waals surface area contributed by atoms with Gasteiger partial charge < -0.3 is 9.80 Å². The quantitative estimate of drug-likeness (QED) is 0.851. The highest BCUT2D eigenvalue weighted by Gasteiger charge is 2.33. The van der Waals surface area contributed by atoms with E-state index in [1.165, 1.54) is 0 Å². The van der Waals surface area contributed by atoms with Crippen LogP contribution in [0.15, 0.2) is 12.3 Å². The second-order valence-electron chi connectivity index (χ2n) is 5.61. The maximum atomic E-state index is 12.7. The van der Waals surface area contributed by atoms with E-state index in [1.54, 1.807) is 16.7 Å². The van der Waals surface area contributed by atoms with Crippen LogP contribution in [0.3, 0.4) is 0 Å². The Balaban J connectivity index is 1.63. The molecule has 1 aromatic rings. The summed E-state index contributed by atoms with van der Waals surface area (Å²) in [7, 11) is 0. The van der Waals surface area contributed by atoms with Crippen LogP contribution in [-0.2, 0) is 11.0 Å². The van der Waals surface area contributed by atoms with E-state index in [4.69, 9.17) is 11.6 Å². The van der Waals surface area contributed by atoms with Crippen LogP contribution in [-0.4, -0.2) is 59.6 Å². The lowest BCUT2D eigenvalue weighted by Gasteiger charge is -2.36. The Morgan fingerprint density at radius 3 is 2.58 bits per heavy atom. The fourth-order valence-electron chi connectivity index (χ4n) is 2.73. The molecule has 0 aromatic carbocycles. The van der Waals surface area contributed by atoms with E-state index in [0.717, 1.165) is 23.9 Å². The summed E-state index contributed by atoms with van der Waals surface area (Å²) in [6.45, 7) is 1.98. The number of nitrogens with one attached hydrogen (secondary N) is 1. The molecule has 132 valence electrons. The molecule has 1 aromatic heterocycles. The Morgan fingerprint density at radius 2 is 2.04 bits per heavy atom. The van der Waals surface area contributed by atoms with Crippen LogP contribution in [0, 0.1) is 0 Å². The molecule has 2 aliphatic heterocycles. The van der Waals surface area contributed by atoms with Crippen LogP contribution < -0.4 is 10.2 Å². The smallest absolute Gasteiger partial charge is 0.352 e. The number of halogens is 4. The van der Waals surface area contributed by atoms with Crippen LogP contribution >= 0.6 is 23.4 Å². The average Bonchev–Trinajstić information content (AvgIpc) is 3.08. The minimum absolute atomic E-state index is 0.0292. The fourth-order valence-corrected chi connectivity index (χ4v) is 3.95. The van der Waals surface area contributed by atoms with Gasteiger partial charge in [0.05, 0.1) is 16.6 Å². The number of amides is 1. The molecular formula is C14H16ClF3N4OS. The summed E-state index contributed by atoms with van der Waals surface area (Å²) in [4.78, 5) is 19.8. The lowest BCUT2D eigenvalue weighted by atomic mass is 10.2. The van der Waals surface area contributed by atoms with E-state index < -0.39 is 11.7 Å². The van der Waals surface area contributed by atoms with Gasteiger partial charge in [-0.1, -0.05) is 11.6 Å². The standard InChI is InChI=1S/C14H16ClF3N4OS/c15-10-5-9(14(16,17)18)6-19-12(10)21-1-3-22(4-2-21)13(23)11-7-24-8-20-11/h5-6,11,20H,1-4,7-8H2. The molecule has 3 rings (SSSR count). The highest BCUT2D eigenvalue weighted by molar-refractivity contribution is 7.99. The van der Waals surface area contributed by atoms with Gasteiger partial charge >= 0.3 is 6.18 Å². The van der Waals surface area contributed by atoms with Gasteiger partial charge in [0.2, 0.25) is 5.91 Å². The van der Waals surface area contributed by atoms with Crippen molar-refractivity contribution in [3.05, 3.63) is 22.8 Å². The molecule has 10 heteroatoms. The molecule has 24 heavy (non-hydrogen) atoms. The van der Waals surface area contributed by atoms with Crippen LogP contribution in [0.1, 0.15) is 5.56 Å². The molecular weight excluding hydrogens is 365 g/mol. The van der Waals surface area contributed by atoms with Crippen molar-refractivity contribution in [3.63, 3.8) is 0 Å². The van der Waals surface area contributed by atoms with Crippen molar-refractivity contribution >= 4 is 35.1 Å². The maximum absolute atomic E-state index is 12.7. The van der Waals surface area contributed by atoms with E-state index in [1.807, 2.05) is 4.90 Å². The monoisotopic (exact) mass is 380 g/mol. The fraction of sp³-hybridized carbons (Fsp3) is 0.571. The molecule has 0 radical (unpaired) electrons. The maximum Gasteiger partial charge on any atom is 0.417 e. The van der Waals surface area contributed by atoms with Crippen molar-refractivity contribution in [2.45, 2.75) is 12.2 Å². The molecule has 0 saturated carbocycles. The van der Waals surface area contributed by atoms with Crippen LogP contribution in [0.2, 0.25) is 5.02 Å². The SMILES string of the molecule is O=C(C1CSCN1)N1CCN(c2ncc(C(F)(F)F)cc2Cl)CC1. The third-order valence-corrected chi connectivity index (χ3v) is 5.27. The van der Waals surface area contributed by atoms with Crippen molar-refractivity contribution in [1.29, 1.82) is 0 Å². The number of thioether (sulfide) groups is 1. The number of hydrogen-bond acceptors (Lipinski definition) is 5. The van der Waals surface area contributed by atoms with Crippen molar-refractivity contribution in [2.24, 2.45) is 0 Å². The zero-order valence-corrected chi connectivity index (χ0v) is 14.2. The van der Waals surface area contributed by atoms with Crippen LogP contribution in [0.4, 0.5) is 19.0 Å². The van der Waals surface area contributed by atoms with Gasteiger partial charge in [0.15, 0.2) is 0 Å². The summed E-state index contributed by atoms with van der Waals surface area (Å²) < 4.78 is 38.0. The number of anilines is 1. The number of pyridine rings is 1. The molecule has 2 saturated heterocycles. The molecule has 2 aliphatic rings. The van der Waals surface area contributed by atoms with Gasteiger partial charge in [0.1, 0.15) is 5.82 Å². The van der Waals surface area contributed by atoms with Gasteiger partial charge in [-0.05, 0) is 6.07 Å². The van der Waals surface area contributed by atoms with Gasteiger partial charge in [-0.2, -0.15) is 13.2 Å². The molecule has 0 bridgehead atoms. The lowest BCUT2D eigenvalue weighted by Crippen LogP contribution is -2.53. The molecule has 3 heterocycles. The Hall–Kier alpha value is -1.19. The van der Waals surface area contributed by atoms with Crippen molar-refractivity contribution in [2.75, 3.05) is 42.7 Å². The van der Waals surface area contributed by atoms with Crippen molar-refractivity contribution in [1.82, 2.24) is 15.2 Å². The second-order valence-corrected chi connectivity index (χ2v) is 7.05. The second kappa shape index (κ2) is 6.97. The largest absolute Gasteiger partial charge is 0.417 e. The Kier molecular flexibility index (Phi) is 5.12. The van der Waals surface area contributed by atoms with Crippen molar-refractivity contribution in [3.8, 4) is 0 Å². The van der Waals surface area contributed by atoms with Crippen molar-refractivity contribution < 1.29 is 18.0 Å². The number of piperazine rings is 1. The number of nitrogens with zero attached hydrogens (tertiary/aromatic N) is 3. The Bertz CT molecular complexity index is 617. The summed E-state index contributed by atoms with van der Waals surface area (Å²) in [6, 6.07) is 0.746. The Labute approximate surface area is 146 Å². The van der Waals surface area contributed by atoms with E-state index in [2.05, 4.69) is 10.3 Å². The number of carbonyl (C=O) groups excluding carboxylic acids is 1. The number of hydrogen-bond donors (Lipinski definition) is 1. The van der Waals surface area contributed by atoms with E-state index in [0.29, 0.717) is 32.0 Å². The minimum atomic E-state index is -4.47. The average molecular weight is 381 g/mol. The van der Waals surface area contributed by atoms with Crippen LogP contribution in [0.5, 0.6) is 0 Å².